The van der Waals surface area contributed by atoms with Crippen LogP contribution in [-0.2, 0) is 5.41 Å². The fraction of sp³-hybridized carbons (Fsp3) is 0.143. The van der Waals surface area contributed by atoms with Gasteiger partial charge in [-0.2, -0.15) is 0 Å². The summed E-state index contributed by atoms with van der Waals surface area (Å²) >= 11 is 0. The van der Waals surface area contributed by atoms with E-state index in [1.54, 1.807) is 0 Å². The molecule has 1 nitrogen and oxygen atoms in total. The van der Waals surface area contributed by atoms with Crippen molar-refractivity contribution in [3.63, 3.8) is 0 Å². The average Bonchev–Trinajstić information content (AvgIpc) is 3.61. The Hall–Kier alpha value is -6.87. The largest absolute Gasteiger partial charge is 0.310 e. The number of fused-ring (bicyclic) bond motifs is 3. The number of rotatable bonds is 10. The van der Waals surface area contributed by atoms with E-state index < -0.39 is 10.0 Å². The molecular weight excluding hydrogens is 803 g/mol. The van der Waals surface area contributed by atoms with E-state index in [2.05, 4.69) is 249 Å². The van der Waals surface area contributed by atoms with Gasteiger partial charge in [-0.05, 0) is 148 Å². The summed E-state index contributed by atoms with van der Waals surface area (Å²) in [6, 6.07) is 86.7. The van der Waals surface area contributed by atoms with Crippen molar-refractivity contribution < 1.29 is 0 Å². The highest BCUT2D eigenvalue weighted by Crippen LogP contribution is 2.73. The van der Waals surface area contributed by atoms with Gasteiger partial charge in [0, 0.05) is 41.9 Å². The third-order valence-electron chi connectivity index (χ3n) is 14.2. The maximum Gasteiger partial charge on any atom is 0.0540 e. The molecule has 2 aliphatic carbocycles. The van der Waals surface area contributed by atoms with Gasteiger partial charge in [0.25, 0.3) is 0 Å². The summed E-state index contributed by atoms with van der Waals surface area (Å²) < 4.78 is 0. The summed E-state index contributed by atoms with van der Waals surface area (Å²) in [5.41, 5.74) is 15.1. The summed E-state index contributed by atoms with van der Waals surface area (Å²) in [5, 5.41) is 0. The molecule has 65 heavy (non-hydrogen) atoms. The zero-order valence-corrected chi connectivity index (χ0v) is 38.2. The van der Waals surface area contributed by atoms with E-state index in [0.29, 0.717) is 5.92 Å². The second kappa shape index (κ2) is 17.3. The summed E-state index contributed by atoms with van der Waals surface area (Å²) in [5.74, 6) is 0.585. The van der Waals surface area contributed by atoms with E-state index in [9.17, 15) is 0 Å². The molecule has 1 fully saturated rings. The number of nitrogens with zero attached hydrogens (tertiary/aromatic N) is 1. The second-order valence-corrected chi connectivity index (χ2v) is 21.4. The Morgan fingerprint density at radius 3 is 1.46 bits per heavy atom. The molecule has 9 aromatic rings. The molecule has 2 heteroatoms. The molecule has 0 spiro atoms. The molecule has 9 aromatic carbocycles. The third-order valence-corrected chi connectivity index (χ3v) is 18.1. The number of hydrogen-bond donors (Lipinski definition) is 0. The quantitative estimate of drug-likeness (QED) is 0.132. The van der Waals surface area contributed by atoms with Crippen LogP contribution in [0.3, 0.4) is 0 Å². The van der Waals surface area contributed by atoms with Gasteiger partial charge >= 0.3 is 0 Å². The normalized spacial score (nSPS) is 14.6. The van der Waals surface area contributed by atoms with Crippen molar-refractivity contribution in [2.24, 2.45) is 0 Å². The minimum atomic E-state index is -1.87. The molecule has 0 saturated heterocycles. The van der Waals surface area contributed by atoms with E-state index in [-0.39, 0.29) is 5.41 Å². The first-order valence-corrected chi connectivity index (χ1v) is 25.1. The lowest BCUT2D eigenvalue weighted by molar-refractivity contribution is 0.444. The molecule has 1 saturated carbocycles. The van der Waals surface area contributed by atoms with Crippen LogP contribution in [0.1, 0.15) is 68.6 Å². The Morgan fingerprint density at radius 1 is 0.400 bits per heavy atom. The molecule has 0 heterocycles. The Labute approximate surface area is 387 Å². The van der Waals surface area contributed by atoms with E-state index in [1.807, 2.05) is 0 Å². The van der Waals surface area contributed by atoms with Crippen molar-refractivity contribution in [2.75, 3.05) is 4.90 Å². The van der Waals surface area contributed by atoms with Crippen molar-refractivity contribution in [3.8, 4) is 33.4 Å². The molecule has 0 amide bonds. The maximum absolute atomic E-state index is 2.56. The van der Waals surface area contributed by atoms with Gasteiger partial charge in [0.15, 0.2) is 0 Å². The fourth-order valence-corrected chi connectivity index (χ4v) is 14.9. The minimum Gasteiger partial charge on any atom is -0.310 e. The first kappa shape index (κ1) is 40.9. The van der Waals surface area contributed by atoms with Gasteiger partial charge in [0.1, 0.15) is 0 Å². The molecule has 0 bridgehead atoms. The summed E-state index contributed by atoms with van der Waals surface area (Å²) in [4.78, 5) is 7.82. The predicted molar refractivity (Wildman–Crippen MR) is 275 cm³/mol. The van der Waals surface area contributed by atoms with Crippen molar-refractivity contribution in [1.29, 1.82) is 0 Å². The second-order valence-electron chi connectivity index (χ2n) is 18.3. The van der Waals surface area contributed by atoms with Crippen LogP contribution in [0.5, 0.6) is 0 Å². The Kier molecular flexibility index (Phi) is 10.9. The van der Waals surface area contributed by atoms with Crippen molar-refractivity contribution in [3.05, 3.63) is 247 Å². The van der Waals surface area contributed by atoms with Crippen LogP contribution >= 0.6 is 10.0 Å². The highest BCUT2D eigenvalue weighted by Gasteiger charge is 2.39. The van der Waals surface area contributed by atoms with Gasteiger partial charge in [-0.1, -0.05) is 179 Å². The van der Waals surface area contributed by atoms with Crippen molar-refractivity contribution >= 4 is 27.1 Å². The molecule has 2 aliphatic rings. The molecule has 0 radical (unpaired) electrons. The van der Waals surface area contributed by atoms with Crippen LogP contribution < -0.4 is 4.90 Å². The van der Waals surface area contributed by atoms with Crippen molar-refractivity contribution in [1.82, 2.24) is 0 Å². The Bertz CT molecular complexity index is 2970. The monoisotopic (exact) mass is 857 g/mol. The van der Waals surface area contributed by atoms with Gasteiger partial charge in [0.2, 0.25) is 0 Å². The molecule has 0 atom stereocenters. The van der Waals surface area contributed by atoms with Crippen LogP contribution in [0.15, 0.2) is 250 Å². The SMILES string of the molecule is CC1(C)c2ccccc2-c2c(-c3ccccc3)cc(N(c3ccc(S(c4ccccc4)(c4ccccc4)c4ccccc4)cc3)c3ccc(C4CCCCC4)cc3-c3ccccc3)cc21. The number of benzene rings is 9. The lowest BCUT2D eigenvalue weighted by Gasteiger charge is -2.42. The van der Waals surface area contributed by atoms with Gasteiger partial charge < -0.3 is 4.90 Å². The van der Waals surface area contributed by atoms with Gasteiger partial charge in [0.05, 0.1) is 5.69 Å². The molecule has 0 unspecified atom stereocenters. The first-order chi connectivity index (χ1) is 32.0. The molecule has 0 aromatic heterocycles. The summed E-state index contributed by atoms with van der Waals surface area (Å²) in [7, 11) is -1.87. The van der Waals surface area contributed by atoms with Crippen LogP contribution in [0.4, 0.5) is 17.1 Å². The van der Waals surface area contributed by atoms with Crippen LogP contribution in [-0.4, -0.2) is 0 Å². The Balaban J connectivity index is 1.18. The average molecular weight is 858 g/mol. The van der Waals surface area contributed by atoms with E-state index >= 15 is 0 Å². The minimum absolute atomic E-state index is 0.196. The highest BCUT2D eigenvalue weighted by atomic mass is 32.3. The van der Waals surface area contributed by atoms with E-state index in [1.165, 1.54) is 107 Å². The van der Waals surface area contributed by atoms with Crippen molar-refractivity contribution in [2.45, 2.75) is 76.9 Å². The predicted octanol–water partition coefficient (Wildman–Crippen LogP) is 18.2. The number of anilines is 3. The third kappa shape index (κ3) is 7.22. The topological polar surface area (TPSA) is 3.24 Å². The van der Waals surface area contributed by atoms with Gasteiger partial charge in [-0.25, -0.2) is 0 Å². The first-order valence-electron chi connectivity index (χ1n) is 23.4. The molecule has 11 rings (SSSR count). The van der Waals surface area contributed by atoms with Crippen LogP contribution in [0.2, 0.25) is 0 Å². The molecular formula is C63H55NS. The fourth-order valence-electron chi connectivity index (χ4n) is 11.0. The molecule has 0 aliphatic heterocycles. The van der Waals surface area contributed by atoms with Crippen LogP contribution in [0.25, 0.3) is 33.4 Å². The zero-order valence-electron chi connectivity index (χ0n) is 37.4. The summed E-state index contributed by atoms with van der Waals surface area (Å²) in [6.07, 6.45) is 6.47. The lowest BCUT2D eigenvalue weighted by atomic mass is 9.81. The maximum atomic E-state index is 2.56. The Morgan fingerprint density at radius 2 is 0.892 bits per heavy atom. The number of hydrogen-bond acceptors (Lipinski definition) is 1. The molecule has 0 N–H and O–H groups in total. The summed E-state index contributed by atoms with van der Waals surface area (Å²) in [6.45, 7) is 4.81. The van der Waals surface area contributed by atoms with Gasteiger partial charge in [-0.3, -0.25) is 0 Å². The smallest absolute Gasteiger partial charge is 0.0540 e. The zero-order chi connectivity index (χ0) is 43.8. The highest BCUT2D eigenvalue weighted by molar-refractivity contribution is 8.34. The lowest BCUT2D eigenvalue weighted by Crippen LogP contribution is -2.17. The van der Waals surface area contributed by atoms with Crippen LogP contribution in [0, 0.1) is 0 Å². The van der Waals surface area contributed by atoms with E-state index in [0.717, 1.165) is 11.4 Å². The van der Waals surface area contributed by atoms with Gasteiger partial charge in [-0.15, -0.1) is 10.0 Å². The molecule has 318 valence electrons. The standard InChI is InChI=1S/C63H55NS/c1-63(2)59-36-22-21-35-56(59)62-58(48-27-13-5-14-28-48)44-51(45-60(62)63)64(61-42-37-49(46-23-9-3-10-24-46)43-57(61)47-25-11-4-12-26-47)50-38-40-55(41-39-50)65(52-29-15-6-16-30-52,53-31-17-7-18-32-53)54-33-19-8-20-34-54/h4-8,11-22,25-46H,3,9-10,23-24H2,1-2H3. The van der Waals surface area contributed by atoms with E-state index in [4.69, 9.17) is 0 Å².